The highest BCUT2D eigenvalue weighted by Gasteiger charge is 2.22. The Morgan fingerprint density at radius 2 is 1.61 bits per heavy atom. The van der Waals surface area contributed by atoms with Crippen LogP contribution in [0.3, 0.4) is 0 Å². The van der Waals surface area contributed by atoms with Crippen molar-refractivity contribution >= 4 is 23.7 Å². The highest BCUT2D eigenvalue weighted by molar-refractivity contribution is 5.47. The molecule has 1 saturated heterocycles. The zero-order valence-electron chi connectivity index (χ0n) is 19.4. The van der Waals surface area contributed by atoms with E-state index in [9.17, 15) is 0 Å². The Balaban J connectivity index is 1.42. The second-order valence-electron chi connectivity index (χ2n) is 7.68. The number of piperazine rings is 1. The van der Waals surface area contributed by atoms with Crippen molar-refractivity contribution in [2.24, 2.45) is 0 Å². The van der Waals surface area contributed by atoms with E-state index in [2.05, 4.69) is 49.9 Å². The van der Waals surface area contributed by atoms with Gasteiger partial charge in [-0.05, 0) is 38.1 Å². The second-order valence-corrected chi connectivity index (χ2v) is 7.68. The van der Waals surface area contributed by atoms with Crippen molar-refractivity contribution in [1.82, 2.24) is 19.9 Å². The molecule has 4 rings (SSSR count). The summed E-state index contributed by atoms with van der Waals surface area (Å²) in [6, 6.07) is 15.8. The first kappa shape index (κ1) is 22.6. The summed E-state index contributed by atoms with van der Waals surface area (Å²) in [6.07, 6.45) is 1.84. The van der Waals surface area contributed by atoms with E-state index in [1.54, 1.807) is 0 Å². The van der Waals surface area contributed by atoms with Crippen LogP contribution in [0.5, 0.6) is 5.75 Å². The molecule has 174 valence electrons. The van der Waals surface area contributed by atoms with E-state index >= 15 is 0 Å². The Hall–Kier alpha value is -3.62. The number of pyridine rings is 1. The minimum atomic E-state index is 0.522. The van der Waals surface area contributed by atoms with E-state index in [1.807, 2.05) is 48.7 Å². The molecule has 0 unspecified atom stereocenters. The first-order valence-electron chi connectivity index (χ1n) is 11.6. The molecule has 0 radical (unpaired) electrons. The highest BCUT2D eigenvalue weighted by Crippen LogP contribution is 2.20. The number of hydrogen-bond donors (Lipinski definition) is 1. The van der Waals surface area contributed by atoms with Crippen molar-refractivity contribution in [2.45, 2.75) is 13.8 Å². The van der Waals surface area contributed by atoms with Gasteiger partial charge < -0.3 is 24.8 Å². The summed E-state index contributed by atoms with van der Waals surface area (Å²) >= 11 is 0. The van der Waals surface area contributed by atoms with Gasteiger partial charge >= 0.3 is 0 Å². The monoisotopic (exact) mass is 448 g/mol. The van der Waals surface area contributed by atoms with E-state index in [1.165, 1.54) is 0 Å². The molecule has 0 amide bonds. The van der Waals surface area contributed by atoms with Crippen molar-refractivity contribution in [3.63, 3.8) is 0 Å². The van der Waals surface area contributed by atoms with Crippen LogP contribution in [0.15, 0.2) is 54.7 Å². The van der Waals surface area contributed by atoms with Gasteiger partial charge in [-0.2, -0.15) is 15.0 Å². The summed E-state index contributed by atoms with van der Waals surface area (Å²) in [6.45, 7) is 10.4. The van der Waals surface area contributed by atoms with Gasteiger partial charge in [-0.1, -0.05) is 24.3 Å². The van der Waals surface area contributed by atoms with Crippen LogP contribution in [0, 0.1) is 0 Å². The van der Waals surface area contributed by atoms with E-state index in [0.717, 1.165) is 50.8 Å². The molecule has 9 nitrogen and oxygen atoms in total. The van der Waals surface area contributed by atoms with Gasteiger partial charge in [0, 0.05) is 45.5 Å². The van der Waals surface area contributed by atoms with Crippen LogP contribution in [-0.4, -0.2) is 72.4 Å². The summed E-state index contributed by atoms with van der Waals surface area (Å²) in [5, 5.41) is 3.31. The number of benzene rings is 1. The SMILES string of the molecule is CCN(CC)c1nc(NCCOc2ccccc2)nc(N2CCN(c3ccccn3)CC2)n1. The molecule has 3 aromatic rings. The molecule has 1 aliphatic rings. The van der Waals surface area contributed by atoms with Gasteiger partial charge in [0.25, 0.3) is 0 Å². The number of aromatic nitrogens is 4. The molecule has 3 heterocycles. The second kappa shape index (κ2) is 11.3. The summed E-state index contributed by atoms with van der Waals surface area (Å²) in [4.78, 5) is 25.3. The number of anilines is 4. The highest BCUT2D eigenvalue weighted by atomic mass is 16.5. The van der Waals surface area contributed by atoms with Crippen LogP contribution >= 0.6 is 0 Å². The quantitative estimate of drug-likeness (QED) is 0.471. The van der Waals surface area contributed by atoms with E-state index in [-0.39, 0.29) is 0 Å². The molecular formula is C24H32N8O. The molecule has 2 aromatic heterocycles. The standard InChI is InChI=1S/C24H32N8O/c1-3-30(4-2)23-27-22(26-14-19-33-20-10-6-5-7-11-20)28-24(29-23)32-17-15-31(16-18-32)21-12-8-9-13-25-21/h5-13H,3-4,14-19H2,1-2H3,(H,26,27,28,29). The van der Waals surface area contributed by atoms with Gasteiger partial charge in [-0.25, -0.2) is 4.98 Å². The molecule has 9 heteroatoms. The fourth-order valence-corrected chi connectivity index (χ4v) is 3.75. The number of para-hydroxylation sites is 1. The van der Waals surface area contributed by atoms with Gasteiger partial charge in [0.05, 0.1) is 6.54 Å². The van der Waals surface area contributed by atoms with E-state index < -0.39 is 0 Å². The van der Waals surface area contributed by atoms with Crippen molar-refractivity contribution in [3.05, 3.63) is 54.7 Å². The zero-order valence-corrected chi connectivity index (χ0v) is 19.4. The van der Waals surface area contributed by atoms with Gasteiger partial charge in [0.15, 0.2) is 0 Å². The summed E-state index contributed by atoms with van der Waals surface area (Å²) in [7, 11) is 0. The topological polar surface area (TPSA) is 82.5 Å². The van der Waals surface area contributed by atoms with Crippen molar-refractivity contribution < 1.29 is 4.74 Å². The number of ether oxygens (including phenoxy) is 1. The molecular weight excluding hydrogens is 416 g/mol. The lowest BCUT2D eigenvalue weighted by atomic mass is 10.3. The molecule has 0 aliphatic carbocycles. The number of nitrogens with one attached hydrogen (secondary N) is 1. The van der Waals surface area contributed by atoms with Crippen molar-refractivity contribution in [1.29, 1.82) is 0 Å². The minimum absolute atomic E-state index is 0.522. The first-order chi connectivity index (χ1) is 16.3. The summed E-state index contributed by atoms with van der Waals surface area (Å²) in [5.41, 5.74) is 0. The van der Waals surface area contributed by atoms with Crippen LogP contribution in [-0.2, 0) is 0 Å². The van der Waals surface area contributed by atoms with Gasteiger partial charge in [0.2, 0.25) is 17.8 Å². The molecule has 1 aromatic carbocycles. The fraction of sp³-hybridized carbons (Fsp3) is 0.417. The van der Waals surface area contributed by atoms with Crippen LogP contribution in [0.25, 0.3) is 0 Å². The molecule has 0 bridgehead atoms. The lowest BCUT2D eigenvalue weighted by Gasteiger charge is -2.35. The Labute approximate surface area is 195 Å². The third-order valence-electron chi connectivity index (χ3n) is 5.59. The predicted molar refractivity (Wildman–Crippen MR) is 132 cm³/mol. The molecule has 1 fully saturated rings. The average molecular weight is 449 g/mol. The molecule has 0 spiro atoms. The maximum atomic E-state index is 5.78. The molecule has 0 atom stereocenters. The Bertz CT molecular complexity index is 976. The smallest absolute Gasteiger partial charge is 0.232 e. The summed E-state index contributed by atoms with van der Waals surface area (Å²) in [5.74, 6) is 3.84. The third kappa shape index (κ3) is 6.00. The number of hydrogen-bond acceptors (Lipinski definition) is 9. The number of rotatable bonds is 10. The van der Waals surface area contributed by atoms with Crippen molar-refractivity contribution in [2.75, 3.05) is 72.4 Å². The van der Waals surface area contributed by atoms with E-state index in [0.29, 0.717) is 31.0 Å². The molecule has 33 heavy (non-hydrogen) atoms. The minimum Gasteiger partial charge on any atom is -0.492 e. The molecule has 0 saturated carbocycles. The Morgan fingerprint density at radius 3 is 2.30 bits per heavy atom. The lowest BCUT2D eigenvalue weighted by molar-refractivity contribution is 0.332. The molecule has 1 N–H and O–H groups in total. The maximum absolute atomic E-state index is 5.78. The maximum Gasteiger partial charge on any atom is 0.232 e. The van der Waals surface area contributed by atoms with Crippen LogP contribution in [0.1, 0.15) is 13.8 Å². The number of nitrogens with zero attached hydrogens (tertiary/aromatic N) is 7. The Kier molecular flexibility index (Phi) is 7.73. The lowest BCUT2D eigenvalue weighted by Crippen LogP contribution is -2.47. The fourth-order valence-electron chi connectivity index (χ4n) is 3.75. The third-order valence-corrected chi connectivity index (χ3v) is 5.59. The molecule has 1 aliphatic heterocycles. The normalized spacial score (nSPS) is 13.6. The van der Waals surface area contributed by atoms with Gasteiger partial charge in [-0.3, -0.25) is 0 Å². The first-order valence-corrected chi connectivity index (χ1v) is 11.6. The average Bonchev–Trinajstić information content (AvgIpc) is 2.88. The zero-order chi connectivity index (χ0) is 22.9. The summed E-state index contributed by atoms with van der Waals surface area (Å²) < 4.78 is 5.78. The predicted octanol–water partition coefficient (Wildman–Crippen LogP) is 2.93. The van der Waals surface area contributed by atoms with Crippen LogP contribution in [0.2, 0.25) is 0 Å². The largest absolute Gasteiger partial charge is 0.492 e. The van der Waals surface area contributed by atoms with Gasteiger partial charge in [0.1, 0.15) is 18.2 Å². The van der Waals surface area contributed by atoms with E-state index in [4.69, 9.17) is 14.7 Å². The van der Waals surface area contributed by atoms with Crippen molar-refractivity contribution in [3.8, 4) is 5.75 Å². The van der Waals surface area contributed by atoms with Crippen LogP contribution in [0.4, 0.5) is 23.7 Å². The van der Waals surface area contributed by atoms with Crippen LogP contribution < -0.4 is 24.8 Å². The van der Waals surface area contributed by atoms with Gasteiger partial charge in [-0.15, -0.1) is 0 Å². The Morgan fingerprint density at radius 1 is 0.879 bits per heavy atom.